The van der Waals surface area contributed by atoms with Gasteiger partial charge in [0, 0.05) is 30.8 Å². The zero-order valence-corrected chi connectivity index (χ0v) is 14.2. The predicted octanol–water partition coefficient (Wildman–Crippen LogP) is 4.03. The number of likely N-dealkylation sites (tertiary alicyclic amines) is 1. The summed E-state index contributed by atoms with van der Waals surface area (Å²) in [6, 6.07) is 4.88. The summed E-state index contributed by atoms with van der Waals surface area (Å²) in [6.45, 7) is 7.84. The first-order valence-electron chi connectivity index (χ1n) is 9.05. The standard InChI is InChI=1S/C19H27N3O/c1-13-6-4-10-22(14(13)2)12-16-15-7-3-9-20-19(15)21-18(16)17-8-5-11-23-17/h3,7,9,13-14,17H,4-6,8,10-12H2,1-2H3,(H,20,21)/t13-,14-,17-/m1/s1. The highest BCUT2D eigenvalue weighted by atomic mass is 16.5. The van der Waals surface area contributed by atoms with E-state index in [1.165, 1.54) is 36.0 Å². The van der Waals surface area contributed by atoms with E-state index in [0.29, 0.717) is 6.04 Å². The van der Waals surface area contributed by atoms with Crippen LogP contribution in [-0.2, 0) is 11.3 Å². The molecule has 4 heteroatoms. The second kappa shape index (κ2) is 6.25. The van der Waals surface area contributed by atoms with Crippen LogP contribution in [0.2, 0.25) is 0 Å². The maximum absolute atomic E-state index is 5.97. The van der Waals surface area contributed by atoms with Gasteiger partial charge in [0.1, 0.15) is 5.65 Å². The SMILES string of the molecule is C[C@@H]1CCCN(Cc2c([C@H]3CCCO3)[nH]c3ncccc23)[C@@H]1C. The molecule has 3 atom stereocenters. The van der Waals surface area contributed by atoms with Crippen molar-refractivity contribution in [1.29, 1.82) is 0 Å². The molecule has 0 saturated carbocycles. The van der Waals surface area contributed by atoms with Crippen LogP contribution >= 0.6 is 0 Å². The third-order valence-corrected chi connectivity index (χ3v) is 5.83. The third kappa shape index (κ3) is 2.79. The van der Waals surface area contributed by atoms with E-state index in [4.69, 9.17) is 4.74 Å². The van der Waals surface area contributed by atoms with Gasteiger partial charge in [0.05, 0.1) is 11.8 Å². The maximum Gasteiger partial charge on any atom is 0.137 e. The summed E-state index contributed by atoms with van der Waals surface area (Å²) in [5, 5.41) is 1.27. The summed E-state index contributed by atoms with van der Waals surface area (Å²) in [6.07, 6.45) is 7.02. The molecule has 0 spiro atoms. The molecule has 2 fully saturated rings. The highest BCUT2D eigenvalue weighted by molar-refractivity contribution is 5.81. The molecule has 0 aliphatic carbocycles. The van der Waals surface area contributed by atoms with E-state index < -0.39 is 0 Å². The number of ether oxygens (including phenoxy) is 1. The minimum absolute atomic E-state index is 0.219. The van der Waals surface area contributed by atoms with Crippen LogP contribution in [0, 0.1) is 5.92 Å². The van der Waals surface area contributed by atoms with E-state index in [0.717, 1.165) is 37.6 Å². The van der Waals surface area contributed by atoms with Gasteiger partial charge >= 0.3 is 0 Å². The van der Waals surface area contributed by atoms with Gasteiger partial charge in [0.25, 0.3) is 0 Å². The Morgan fingerprint density at radius 1 is 1.30 bits per heavy atom. The Bertz CT molecular complexity index is 674. The molecule has 2 saturated heterocycles. The Hall–Kier alpha value is -1.39. The minimum Gasteiger partial charge on any atom is -0.372 e. The molecule has 124 valence electrons. The Labute approximate surface area is 138 Å². The molecule has 4 rings (SSSR count). The number of hydrogen-bond donors (Lipinski definition) is 1. The molecule has 0 amide bonds. The molecule has 23 heavy (non-hydrogen) atoms. The van der Waals surface area contributed by atoms with Gasteiger partial charge in [-0.25, -0.2) is 4.98 Å². The molecule has 0 unspecified atom stereocenters. The van der Waals surface area contributed by atoms with Gasteiger partial charge in [-0.2, -0.15) is 0 Å². The zero-order valence-electron chi connectivity index (χ0n) is 14.2. The van der Waals surface area contributed by atoms with E-state index >= 15 is 0 Å². The summed E-state index contributed by atoms with van der Waals surface area (Å²) < 4.78 is 5.97. The first-order valence-corrected chi connectivity index (χ1v) is 9.05. The van der Waals surface area contributed by atoms with Crippen LogP contribution < -0.4 is 0 Å². The van der Waals surface area contributed by atoms with E-state index in [-0.39, 0.29) is 6.10 Å². The number of fused-ring (bicyclic) bond motifs is 1. The highest BCUT2D eigenvalue weighted by Gasteiger charge is 2.29. The lowest BCUT2D eigenvalue weighted by Crippen LogP contribution is -2.41. The van der Waals surface area contributed by atoms with Crippen molar-refractivity contribution in [2.75, 3.05) is 13.2 Å². The summed E-state index contributed by atoms with van der Waals surface area (Å²) in [4.78, 5) is 10.7. The van der Waals surface area contributed by atoms with Gasteiger partial charge in [-0.3, -0.25) is 4.90 Å². The lowest BCUT2D eigenvalue weighted by atomic mass is 9.91. The fraction of sp³-hybridized carbons (Fsp3) is 0.632. The number of nitrogens with zero attached hydrogens (tertiary/aromatic N) is 2. The van der Waals surface area contributed by atoms with Crippen LogP contribution in [0.5, 0.6) is 0 Å². The second-order valence-corrected chi connectivity index (χ2v) is 7.25. The van der Waals surface area contributed by atoms with E-state index in [1.54, 1.807) is 0 Å². The average molecular weight is 313 g/mol. The zero-order chi connectivity index (χ0) is 15.8. The molecule has 1 N–H and O–H groups in total. The van der Waals surface area contributed by atoms with Crippen LogP contribution in [0.3, 0.4) is 0 Å². The smallest absolute Gasteiger partial charge is 0.137 e. The summed E-state index contributed by atoms with van der Waals surface area (Å²) in [5.74, 6) is 0.776. The molecule has 0 radical (unpaired) electrons. The van der Waals surface area contributed by atoms with Crippen LogP contribution in [0.15, 0.2) is 18.3 Å². The number of aromatic amines is 1. The monoisotopic (exact) mass is 313 g/mol. The molecular weight excluding hydrogens is 286 g/mol. The largest absolute Gasteiger partial charge is 0.372 e. The van der Waals surface area contributed by atoms with Gasteiger partial charge in [-0.1, -0.05) is 6.92 Å². The molecule has 2 aliphatic rings. The quantitative estimate of drug-likeness (QED) is 0.930. The summed E-state index contributed by atoms with van der Waals surface area (Å²) >= 11 is 0. The topological polar surface area (TPSA) is 41.1 Å². The van der Waals surface area contributed by atoms with Crippen molar-refractivity contribution in [3.8, 4) is 0 Å². The van der Waals surface area contributed by atoms with Crippen molar-refractivity contribution in [1.82, 2.24) is 14.9 Å². The normalized spacial score (nSPS) is 29.4. The number of rotatable bonds is 3. The Morgan fingerprint density at radius 3 is 3.04 bits per heavy atom. The number of pyridine rings is 1. The van der Waals surface area contributed by atoms with Crippen LogP contribution in [-0.4, -0.2) is 34.1 Å². The Morgan fingerprint density at radius 2 is 2.22 bits per heavy atom. The predicted molar refractivity (Wildman–Crippen MR) is 92.3 cm³/mol. The molecule has 2 aliphatic heterocycles. The highest BCUT2D eigenvalue weighted by Crippen LogP contribution is 2.35. The van der Waals surface area contributed by atoms with Crippen LogP contribution in [0.25, 0.3) is 11.0 Å². The molecule has 4 nitrogen and oxygen atoms in total. The van der Waals surface area contributed by atoms with Crippen molar-refractivity contribution in [2.24, 2.45) is 5.92 Å². The first-order chi connectivity index (χ1) is 11.2. The number of aromatic nitrogens is 2. The Balaban J connectivity index is 1.70. The van der Waals surface area contributed by atoms with E-state index in [9.17, 15) is 0 Å². The van der Waals surface area contributed by atoms with Crippen LogP contribution in [0.4, 0.5) is 0 Å². The lowest BCUT2D eigenvalue weighted by molar-refractivity contribution is 0.0965. The second-order valence-electron chi connectivity index (χ2n) is 7.25. The van der Waals surface area contributed by atoms with Crippen molar-refractivity contribution in [3.63, 3.8) is 0 Å². The molecule has 4 heterocycles. The molecule has 2 aromatic heterocycles. The van der Waals surface area contributed by atoms with Gasteiger partial charge in [0.15, 0.2) is 0 Å². The first kappa shape index (κ1) is 15.2. The van der Waals surface area contributed by atoms with Gasteiger partial charge in [0.2, 0.25) is 0 Å². The van der Waals surface area contributed by atoms with Gasteiger partial charge < -0.3 is 9.72 Å². The molecule has 0 bridgehead atoms. The van der Waals surface area contributed by atoms with E-state index in [2.05, 4.69) is 34.8 Å². The third-order valence-electron chi connectivity index (χ3n) is 5.83. The van der Waals surface area contributed by atoms with Gasteiger partial charge in [-0.05, 0) is 62.8 Å². The molecular formula is C19H27N3O. The number of H-pyrrole nitrogens is 1. The fourth-order valence-corrected chi connectivity index (χ4v) is 4.19. The van der Waals surface area contributed by atoms with E-state index in [1.807, 2.05) is 12.3 Å². The minimum atomic E-state index is 0.219. The molecule has 0 aromatic carbocycles. The van der Waals surface area contributed by atoms with Crippen molar-refractivity contribution < 1.29 is 4.74 Å². The maximum atomic E-state index is 5.97. The lowest BCUT2D eigenvalue weighted by Gasteiger charge is -2.38. The fourth-order valence-electron chi connectivity index (χ4n) is 4.19. The molecule has 2 aromatic rings. The Kier molecular flexibility index (Phi) is 4.12. The van der Waals surface area contributed by atoms with Crippen molar-refractivity contribution in [3.05, 3.63) is 29.6 Å². The van der Waals surface area contributed by atoms with Crippen LogP contribution in [0.1, 0.15) is 56.9 Å². The van der Waals surface area contributed by atoms with Gasteiger partial charge in [-0.15, -0.1) is 0 Å². The average Bonchev–Trinajstić information content (AvgIpc) is 3.20. The number of nitrogens with one attached hydrogen (secondary N) is 1. The summed E-state index contributed by atoms with van der Waals surface area (Å²) in [5.41, 5.74) is 3.67. The summed E-state index contributed by atoms with van der Waals surface area (Å²) in [7, 11) is 0. The number of piperidine rings is 1. The number of hydrogen-bond acceptors (Lipinski definition) is 3. The van der Waals surface area contributed by atoms with Crippen molar-refractivity contribution >= 4 is 11.0 Å². The van der Waals surface area contributed by atoms with Crippen molar-refractivity contribution in [2.45, 2.75) is 58.2 Å².